The first kappa shape index (κ1) is 21.1. The number of hydrogen-bond donors (Lipinski definition) is 2. The lowest BCUT2D eigenvalue weighted by Crippen LogP contribution is -2.39. The molecule has 1 aromatic heterocycles. The van der Waals surface area contributed by atoms with Crippen molar-refractivity contribution in [1.82, 2.24) is 10.6 Å². The number of hydrogen-bond acceptors (Lipinski definition) is 3. The molecule has 3 rings (SSSR count). The van der Waals surface area contributed by atoms with Gasteiger partial charge in [-0.25, -0.2) is 0 Å². The zero-order valence-electron chi connectivity index (χ0n) is 17.2. The van der Waals surface area contributed by atoms with Gasteiger partial charge in [-0.2, -0.15) is 0 Å². The van der Waals surface area contributed by atoms with Crippen molar-refractivity contribution in [2.24, 2.45) is 0 Å². The predicted octanol–water partition coefficient (Wildman–Crippen LogP) is 4.50. The second-order valence-electron chi connectivity index (χ2n) is 7.30. The summed E-state index contributed by atoms with van der Waals surface area (Å²) in [6.45, 7) is 3.87. The maximum Gasteiger partial charge on any atom is 0.268 e. The van der Waals surface area contributed by atoms with Gasteiger partial charge in [0.25, 0.3) is 11.8 Å². The molecule has 2 aromatic carbocycles. The monoisotopic (exact) mass is 402 g/mol. The van der Waals surface area contributed by atoms with E-state index in [1.165, 1.54) is 17.9 Å². The van der Waals surface area contributed by atoms with Gasteiger partial charge < -0.3 is 15.1 Å². The van der Waals surface area contributed by atoms with E-state index in [9.17, 15) is 9.59 Å². The van der Waals surface area contributed by atoms with E-state index in [2.05, 4.69) is 22.8 Å². The number of amides is 2. The Kier molecular flexibility index (Phi) is 7.22. The van der Waals surface area contributed by atoms with Gasteiger partial charge >= 0.3 is 0 Å². The molecule has 0 aliphatic rings. The van der Waals surface area contributed by atoms with Crippen LogP contribution in [0, 0.1) is 6.92 Å². The number of rotatable bonds is 8. The first-order valence-electron chi connectivity index (χ1n) is 9.99. The molecule has 0 radical (unpaired) electrons. The van der Waals surface area contributed by atoms with Crippen LogP contribution >= 0.6 is 0 Å². The van der Waals surface area contributed by atoms with Crippen LogP contribution in [0.4, 0.5) is 0 Å². The molecule has 0 fully saturated rings. The molecule has 5 nitrogen and oxygen atoms in total. The van der Waals surface area contributed by atoms with Gasteiger partial charge in [0.15, 0.2) is 0 Å². The minimum Gasteiger partial charge on any atom is -0.465 e. The van der Waals surface area contributed by atoms with Gasteiger partial charge in [0.05, 0.1) is 6.26 Å². The Morgan fingerprint density at radius 2 is 1.83 bits per heavy atom. The Balaban J connectivity index is 1.68. The lowest BCUT2D eigenvalue weighted by molar-refractivity contribution is -0.118. The molecule has 3 aromatic rings. The summed E-state index contributed by atoms with van der Waals surface area (Å²) < 4.78 is 5.32. The van der Waals surface area contributed by atoms with Gasteiger partial charge in [0.1, 0.15) is 11.5 Å². The van der Waals surface area contributed by atoms with Crippen molar-refractivity contribution >= 4 is 17.9 Å². The summed E-state index contributed by atoms with van der Waals surface area (Å²) in [5, 5.41) is 5.70. The lowest BCUT2D eigenvalue weighted by Gasteiger charge is -2.16. The highest BCUT2D eigenvalue weighted by Gasteiger charge is 2.17. The largest absolute Gasteiger partial charge is 0.465 e. The number of benzene rings is 2. The number of furan rings is 1. The number of carbonyl (C=O) groups excluding carboxylic acids is 2. The average molecular weight is 402 g/mol. The van der Waals surface area contributed by atoms with Gasteiger partial charge in [-0.3, -0.25) is 9.59 Å². The summed E-state index contributed by atoms with van der Waals surface area (Å²) in [6.07, 6.45) is 4.70. The Labute approximate surface area is 176 Å². The molecule has 0 saturated carbocycles. The predicted molar refractivity (Wildman–Crippen MR) is 118 cm³/mol. The molecule has 1 heterocycles. The molecule has 30 heavy (non-hydrogen) atoms. The molecule has 0 spiro atoms. The molecule has 0 aliphatic carbocycles. The van der Waals surface area contributed by atoms with E-state index >= 15 is 0 Å². The van der Waals surface area contributed by atoms with Crippen LogP contribution < -0.4 is 10.6 Å². The Bertz CT molecular complexity index is 1010. The smallest absolute Gasteiger partial charge is 0.268 e. The van der Waals surface area contributed by atoms with Crippen molar-refractivity contribution in [2.75, 3.05) is 0 Å². The second kappa shape index (κ2) is 10.3. The van der Waals surface area contributed by atoms with Crippen LogP contribution in [0.1, 0.15) is 40.6 Å². The lowest BCUT2D eigenvalue weighted by atomic mass is 10.1. The van der Waals surface area contributed by atoms with E-state index < -0.39 is 0 Å². The third-order valence-corrected chi connectivity index (χ3v) is 4.69. The van der Waals surface area contributed by atoms with Crippen LogP contribution in [0.25, 0.3) is 6.08 Å². The van der Waals surface area contributed by atoms with E-state index in [0.29, 0.717) is 11.3 Å². The molecular formula is C25H26N2O3. The Morgan fingerprint density at radius 3 is 2.53 bits per heavy atom. The topological polar surface area (TPSA) is 71.3 Å². The fraction of sp³-hybridized carbons (Fsp3) is 0.200. The third-order valence-electron chi connectivity index (χ3n) is 4.69. The van der Waals surface area contributed by atoms with Crippen molar-refractivity contribution < 1.29 is 14.0 Å². The van der Waals surface area contributed by atoms with Gasteiger partial charge in [-0.05, 0) is 56.5 Å². The fourth-order valence-electron chi connectivity index (χ4n) is 3.06. The van der Waals surface area contributed by atoms with Crippen molar-refractivity contribution in [3.8, 4) is 0 Å². The van der Waals surface area contributed by atoms with Crippen molar-refractivity contribution in [2.45, 2.75) is 32.7 Å². The molecule has 1 atom stereocenters. The van der Waals surface area contributed by atoms with Crippen LogP contribution in [-0.2, 0) is 11.2 Å². The zero-order valence-corrected chi connectivity index (χ0v) is 17.2. The van der Waals surface area contributed by atoms with E-state index in [-0.39, 0.29) is 23.6 Å². The van der Waals surface area contributed by atoms with Crippen molar-refractivity contribution in [3.63, 3.8) is 0 Å². The van der Waals surface area contributed by atoms with E-state index in [4.69, 9.17) is 4.42 Å². The summed E-state index contributed by atoms with van der Waals surface area (Å²) in [4.78, 5) is 25.6. The van der Waals surface area contributed by atoms with Gasteiger partial charge in [-0.1, -0.05) is 48.0 Å². The second-order valence-corrected chi connectivity index (χ2v) is 7.30. The zero-order chi connectivity index (χ0) is 21.3. The molecule has 5 heteroatoms. The SMILES string of the molecule is Cc1cccc(C(=O)N/C(=C\c2ccco2)C(=O)NC(C)CCc2ccccc2)c1. The van der Waals surface area contributed by atoms with Crippen LogP contribution in [0.2, 0.25) is 0 Å². The first-order valence-corrected chi connectivity index (χ1v) is 9.99. The maximum absolute atomic E-state index is 12.9. The number of aryl methyl sites for hydroxylation is 2. The standard InChI is InChI=1S/C25H26N2O3/c1-18-8-6-11-21(16-18)24(28)27-23(17-22-12-7-15-30-22)25(29)26-19(2)13-14-20-9-4-3-5-10-20/h3-12,15-17,19H,13-14H2,1-2H3,(H,26,29)(H,27,28)/b23-17-. The molecule has 154 valence electrons. The van der Waals surface area contributed by atoms with Gasteiger partial charge in [0.2, 0.25) is 0 Å². The van der Waals surface area contributed by atoms with Gasteiger partial charge in [-0.15, -0.1) is 0 Å². The normalized spacial score (nSPS) is 12.3. The summed E-state index contributed by atoms with van der Waals surface area (Å²) in [5.74, 6) is -0.210. The summed E-state index contributed by atoms with van der Waals surface area (Å²) in [6, 6.07) is 20.7. The van der Waals surface area contributed by atoms with E-state index in [1.54, 1.807) is 24.3 Å². The highest BCUT2D eigenvalue weighted by atomic mass is 16.3. The van der Waals surface area contributed by atoms with Crippen LogP contribution in [0.3, 0.4) is 0 Å². The van der Waals surface area contributed by atoms with E-state index in [0.717, 1.165) is 18.4 Å². The molecule has 2 amide bonds. The maximum atomic E-state index is 12.9. The van der Waals surface area contributed by atoms with Crippen LogP contribution in [0.5, 0.6) is 0 Å². The molecule has 1 unspecified atom stereocenters. The van der Waals surface area contributed by atoms with E-state index in [1.807, 2.05) is 44.2 Å². The van der Waals surface area contributed by atoms with Crippen molar-refractivity contribution in [1.29, 1.82) is 0 Å². The Hall–Kier alpha value is -3.60. The van der Waals surface area contributed by atoms with Crippen LogP contribution in [-0.4, -0.2) is 17.9 Å². The van der Waals surface area contributed by atoms with Crippen LogP contribution in [0.15, 0.2) is 83.1 Å². The van der Waals surface area contributed by atoms with Gasteiger partial charge in [0, 0.05) is 17.7 Å². The molecular weight excluding hydrogens is 376 g/mol. The first-order chi connectivity index (χ1) is 14.5. The summed E-state index contributed by atoms with van der Waals surface area (Å²) >= 11 is 0. The number of carbonyl (C=O) groups is 2. The molecule has 0 aliphatic heterocycles. The number of nitrogens with one attached hydrogen (secondary N) is 2. The quantitative estimate of drug-likeness (QED) is 0.545. The highest BCUT2D eigenvalue weighted by molar-refractivity contribution is 6.05. The molecule has 0 saturated heterocycles. The fourth-order valence-corrected chi connectivity index (χ4v) is 3.06. The third kappa shape index (κ3) is 6.21. The minimum absolute atomic E-state index is 0.0615. The molecule has 0 bridgehead atoms. The minimum atomic E-state index is -0.354. The summed E-state index contributed by atoms with van der Waals surface area (Å²) in [7, 11) is 0. The van der Waals surface area contributed by atoms with Crippen molar-refractivity contribution in [3.05, 3.63) is 101 Å². The molecule has 2 N–H and O–H groups in total. The highest BCUT2D eigenvalue weighted by Crippen LogP contribution is 2.10. The average Bonchev–Trinajstić information content (AvgIpc) is 3.25. The Morgan fingerprint density at radius 1 is 1.03 bits per heavy atom. The summed E-state index contributed by atoms with van der Waals surface area (Å²) in [5.41, 5.74) is 2.82.